The van der Waals surface area contributed by atoms with Crippen molar-refractivity contribution >= 4 is 23.5 Å². The normalized spacial score (nSPS) is 14.0. The van der Waals surface area contributed by atoms with Crippen molar-refractivity contribution < 1.29 is 9.18 Å². The summed E-state index contributed by atoms with van der Waals surface area (Å²) in [4.78, 5) is 34.2. The Morgan fingerprint density at radius 3 is 2.24 bits per heavy atom. The molecule has 0 saturated carbocycles. The minimum absolute atomic E-state index is 0.269. The van der Waals surface area contributed by atoms with Crippen molar-refractivity contribution in [2.24, 2.45) is 0 Å². The van der Waals surface area contributed by atoms with Gasteiger partial charge >= 0.3 is 0 Å². The Morgan fingerprint density at radius 2 is 1.59 bits per heavy atom. The Balaban J connectivity index is 1.46. The smallest absolute Gasteiger partial charge is 0.274 e. The molecule has 0 bridgehead atoms. The molecule has 1 N–H and O–H groups in total. The number of carbonyl (C=O) groups is 1. The molecule has 0 spiro atoms. The number of nitrogens with one attached hydrogen (secondary N) is 1. The summed E-state index contributed by atoms with van der Waals surface area (Å²) in [7, 11) is 0. The van der Waals surface area contributed by atoms with Crippen LogP contribution in [0.4, 0.5) is 22.0 Å². The number of benzene rings is 1. The Kier molecular flexibility index (Phi) is 5.28. The van der Waals surface area contributed by atoms with Crippen molar-refractivity contribution in [3.05, 3.63) is 66.0 Å². The summed E-state index contributed by atoms with van der Waals surface area (Å²) in [5.41, 5.74) is 1.48. The molecule has 1 aliphatic heterocycles. The minimum Gasteiger partial charge on any atom is -0.337 e. The zero-order valence-corrected chi connectivity index (χ0v) is 15.9. The first-order chi connectivity index (χ1) is 14.1. The van der Waals surface area contributed by atoms with Crippen LogP contribution < -0.4 is 15.1 Å². The predicted octanol–water partition coefficient (Wildman–Crippen LogP) is 2.29. The maximum Gasteiger partial charge on any atom is 0.274 e. The van der Waals surface area contributed by atoms with Crippen molar-refractivity contribution in [2.45, 2.75) is 6.92 Å². The molecule has 0 unspecified atom stereocenters. The summed E-state index contributed by atoms with van der Waals surface area (Å²) in [6, 6.07) is 9.03. The van der Waals surface area contributed by atoms with Crippen LogP contribution in [0.15, 0.2) is 48.8 Å². The minimum atomic E-state index is -0.361. The lowest BCUT2D eigenvalue weighted by atomic mass is 10.2. The number of aromatic nitrogens is 4. The number of hydrogen-bond acceptors (Lipinski definition) is 7. The van der Waals surface area contributed by atoms with Gasteiger partial charge in [-0.3, -0.25) is 4.79 Å². The second-order valence-corrected chi connectivity index (χ2v) is 6.68. The number of rotatable bonds is 4. The van der Waals surface area contributed by atoms with E-state index in [0.717, 1.165) is 13.1 Å². The number of aryl methyl sites for hydroxylation is 1. The van der Waals surface area contributed by atoms with Gasteiger partial charge in [0.25, 0.3) is 5.91 Å². The first kappa shape index (κ1) is 18.7. The zero-order chi connectivity index (χ0) is 20.2. The fourth-order valence-electron chi connectivity index (χ4n) is 3.10. The number of piperazine rings is 1. The average Bonchev–Trinajstić information content (AvgIpc) is 2.75. The molecule has 9 heteroatoms. The molecule has 0 atom stereocenters. The van der Waals surface area contributed by atoms with E-state index >= 15 is 0 Å². The van der Waals surface area contributed by atoms with Crippen molar-refractivity contribution in [3.63, 3.8) is 0 Å². The third kappa shape index (κ3) is 4.45. The molecule has 3 aromatic rings. The highest BCUT2D eigenvalue weighted by molar-refractivity contribution is 6.03. The highest BCUT2D eigenvalue weighted by Crippen LogP contribution is 2.17. The van der Waals surface area contributed by atoms with Crippen molar-refractivity contribution in [2.75, 3.05) is 41.3 Å². The van der Waals surface area contributed by atoms with E-state index in [1.807, 2.05) is 11.8 Å². The van der Waals surface area contributed by atoms with E-state index < -0.39 is 0 Å². The standard InChI is InChI=1S/C20H20FN7O/c1-14-13-17(18(29)25-16-5-3-15(21)4-6-16)26-20(24-14)28-11-9-27(10-12-28)19-22-7-2-8-23-19/h2-8,13H,9-12H2,1H3,(H,25,29). The molecule has 1 fully saturated rings. The lowest BCUT2D eigenvalue weighted by molar-refractivity contribution is 0.102. The van der Waals surface area contributed by atoms with Crippen LogP contribution in [0.2, 0.25) is 0 Å². The number of amides is 1. The first-order valence-corrected chi connectivity index (χ1v) is 9.28. The highest BCUT2D eigenvalue weighted by Gasteiger charge is 2.22. The quantitative estimate of drug-likeness (QED) is 0.728. The van der Waals surface area contributed by atoms with Crippen LogP contribution in [-0.4, -0.2) is 52.0 Å². The Labute approximate surface area is 167 Å². The topological polar surface area (TPSA) is 87.1 Å². The van der Waals surface area contributed by atoms with Gasteiger partial charge in [-0.05, 0) is 43.3 Å². The monoisotopic (exact) mass is 393 g/mol. The van der Waals surface area contributed by atoms with E-state index in [-0.39, 0.29) is 17.4 Å². The van der Waals surface area contributed by atoms with Gasteiger partial charge in [-0.1, -0.05) is 0 Å². The summed E-state index contributed by atoms with van der Waals surface area (Å²) < 4.78 is 13.0. The number of anilines is 3. The van der Waals surface area contributed by atoms with Gasteiger partial charge in [-0.2, -0.15) is 0 Å². The fourth-order valence-corrected chi connectivity index (χ4v) is 3.10. The molecule has 2 aromatic heterocycles. The zero-order valence-electron chi connectivity index (χ0n) is 15.9. The van der Waals surface area contributed by atoms with Gasteiger partial charge in [0.2, 0.25) is 11.9 Å². The summed E-state index contributed by atoms with van der Waals surface area (Å²) >= 11 is 0. The van der Waals surface area contributed by atoms with Gasteiger partial charge in [0.1, 0.15) is 11.5 Å². The molecule has 1 saturated heterocycles. The molecule has 0 radical (unpaired) electrons. The van der Waals surface area contributed by atoms with Crippen LogP contribution in [0.5, 0.6) is 0 Å². The number of hydrogen-bond donors (Lipinski definition) is 1. The number of halogens is 1. The lowest BCUT2D eigenvalue weighted by Gasteiger charge is -2.34. The first-order valence-electron chi connectivity index (χ1n) is 9.28. The van der Waals surface area contributed by atoms with Gasteiger partial charge in [-0.25, -0.2) is 24.3 Å². The lowest BCUT2D eigenvalue weighted by Crippen LogP contribution is -2.47. The Bertz CT molecular complexity index is 989. The van der Waals surface area contributed by atoms with Gasteiger partial charge in [0, 0.05) is 50.0 Å². The molecule has 1 amide bonds. The molecular weight excluding hydrogens is 373 g/mol. The Morgan fingerprint density at radius 1 is 0.966 bits per heavy atom. The van der Waals surface area contributed by atoms with Gasteiger partial charge in [0.15, 0.2) is 0 Å². The molecule has 29 heavy (non-hydrogen) atoms. The van der Waals surface area contributed by atoms with Crippen molar-refractivity contribution in [3.8, 4) is 0 Å². The summed E-state index contributed by atoms with van der Waals surface area (Å²) in [6.45, 7) is 4.69. The third-order valence-electron chi connectivity index (χ3n) is 4.57. The second kappa shape index (κ2) is 8.17. The molecule has 3 heterocycles. The van der Waals surface area contributed by atoms with Crippen LogP contribution in [-0.2, 0) is 0 Å². The molecule has 8 nitrogen and oxygen atoms in total. The highest BCUT2D eigenvalue weighted by atomic mass is 19.1. The maximum absolute atomic E-state index is 13.0. The molecule has 1 aromatic carbocycles. The molecule has 148 valence electrons. The Hall–Kier alpha value is -3.62. The molecule has 1 aliphatic rings. The van der Waals surface area contributed by atoms with Crippen LogP contribution >= 0.6 is 0 Å². The van der Waals surface area contributed by atoms with Crippen molar-refractivity contribution in [1.82, 2.24) is 19.9 Å². The largest absolute Gasteiger partial charge is 0.337 e. The second-order valence-electron chi connectivity index (χ2n) is 6.68. The van der Waals surface area contributed by atoms with Crippen LogP contribution in [0.1, 0.15) is 16.2 Å². The molecular formula is C20H20FN7O. The average molecular weight is 393 g/mol. The predicted molar refractivity (Wildman–Crippen MR) is 108 cm³/mol. The number of nitrogens with zero attached hydrogens (tertiary/aromatic N) is 6. The molecule has 4 rings (SSSR count). The van der Waals surface area contributed by atoms with Crippen molar-refractivity contribution in [1.29, 1.82) is 0 Å². The van der Waals surface area contributed by atoms with Gasteiger partial charge in [0.05, 0.1) is 0 Å². The SMILES string of the molecule is Cc1cc(C(=O)Nc2ccc(F)cc2)nc(N2CCN(c3ncccn3)CC2)n1. The van der Waals surface area contributed by atoms with Crippen LogP contribution in [0.25, 0.3) is 0 Å². The van der Waals surface area contributed by atoms with Gasteiger partial charge < -0.3 is 15.1 Å². The van der Waals surface area contributed by atoms with Crippen LogP contribution in [0.3, 0.4) is 0 Å². The van der Waals surface area contributed by atoms with E-state index in [2.05, 4.69) is 30.2 Å². The maximum atomic E-state index is 13.0. The van der Waals surface area contributed by atoms with E-state index in [1.54, 1.807) is 24.5 Å². The molecule has 0 aliphatic carbocycles. The summed E-state index contributed by atoms with van der Waals surface area (Å²) in [5.74, 6) is 0.502. The summed E-state index contributed by atoms with van der Waals surface area (Å²) in [6.07, 6.45) is 3.45. The van der Waals surface area contributed by atoms with E-state index in [9.17, 15) is 9.18 Å². The third-order valence-corrected chi connectivity index (χ3v) is 4.57. The fraction of sp³-hybridized carbons (Fsp3) is 0.250. The summed E-state index contributed by atoms with van der Waals surface area (Å²) in [5, 5.41) is 2.73. The van der Waals surface area contributed by atoms with Crippen LogP contribution in [0, 0.1) is 12.7 Å². The van der Waals surface area contributed by atoms with Gasteiger partial charge in [-0.15, -0.1) is 0 Å². The van der Waals surface area contributed by atoms with E-state index in [0.29, 0.717) is 36.4 Å². The number of carbonyl (C=O) groups excluding carboxylic acids is 1. The van der Waals surface area contributed by atoms with E-state index in [1.165, 1.54) is 24.3 Å². The van der Waals surface area contributed by atoms with E-state index in [4.69, 9.17) is 0 Å².